The molecular formula is C23H20F4N6O2. The molecule has 0 aliphatic carbocycles. The summed E-state index contributed by atoms with van der Waals surface area (Å²) in [5.74, 6) is -1.42. The highest BCUT2D eigenvalue weighted by molar-refractivity contribution is 5.97. The first-order chi connectivity index (χ1) is 16.4. The number of nitrogens with one attached hydrogen (secondary N) is 1. The Morgan fingerprint density at radius 1 is 1.23 bits per heavy atom. The van der Waals surface area contributed by atoms with Gasteiger partial charge in [0.05, 0.1) is 34.8 Å². The van der Waals surface area contributed by atoms with Crippen LogP contribution in [0.4, 0.5) is 28.9 Å². The Labute approximate surface area is 198 Å². The van der Waals surface area contributed by atoms with E-state index in [1.807, 2.05) is 15.9 Å². The van der Waals surface area contributed by atoms with E-state index in [1.165, 1.54) is 19.1 Å². The molecule has 5 rings (SSSR count). The zero-order valence-electron chi connectivity index (χ0n) is 18.5. The van der Waals surface area contributed by atoms with Crippen molar-refractivity contribution in [3.05, 3.63) is 53.1 Å². The number of anilines is 2. The molecule has 3 fully saturated rings. The SMILES string of the molecule is CC(O)(CN1CC2CC(C1)N2c1ccc(C#N)cc1F)C(=O)Nc1cnc(C#N)c(C(F)(F)F)c1. The van der Waals surface area contributed by atoms with Crippen LogP contribution in [-0.4, -0.2) is 58.2 Å². The van der Waals surface area contributed by atoms with Gasteiger partial charge in [0, 0.05) is 31.7 Å². The second-order valence-corrected chi connectivity index (χ2v) is 8.88. The number of alkyl halides is 3. The lowest BCUT2D eigenvalue weighted by Crippen LogP contribution is -2.70. The molecule has 4 heterocycles. The number of amides is 1. The molecule has 2 bridgehead atoms. The molecule has 3 aliphatic heterocycles. The maximum atomic E-state index is 14.5. The number of piperidine rings is 1. The number of nitriles is 2. The van der Waals surface area contributed by atoms with Gasteiger partial charge >= 0.3 is 6.18 Å². The van der Waals surface area contributed by atoms with Gasteiger partial charge in [-0.15, -0.1) is 0 Å². The molecule has 3 aliphatic rings. The maximum absolute atomic E-state index is 14.5. The summed E-state index contributed by atoms with van der Waals surface area (Å²) in [5.41, 5.74) is -3.74. The summed E-state index contributed by atoms with van der Waals surface area (Å²) >= 11 is 0. The number of fused-ring (bicyclic) bond motifs is 2. The van der Waals surface area contributed by atoms with Crippen molar-refractivity contribution in [3.8, 4) is 12.1 Å². The average molecular weight is 488 g/mol. The van der Waals surface area contributed by atoms with E-state index in [2.05, 4.69) is 10.3 Å². The van der Waals surface area contributed by atoms with Crippen molar-refractivity contribution in [1.82, 2.24) is 9.88 Å². The standard InChI is InChI=1S/C23H20F4N6O2/c1-22(35,21(34)31-14-5-17(23(25,26)27)19(8-29)30-9-14)12-32-10-15-6-16(11-32)33(15)20-3-2-13(7-28)4-18(20)24/h2-5,9,15-16,35H,6,10-12H2,1H3,(H,31,34). The highest BCUT2D eigenvalue weighted by Crippen LogP contribution is 2.39. The number of benzene rings is 1. The van der Waals surface area contributed by atoms with Crippen LogP contribution in [0.25, 0.3) is 0 Å². The summed E-state index contributed by atoms with van der Waals surface area (Å²) in [5, 5.41) is 30.8. The van der Waals surface area contributed by atoms with Gasteiger partial charge in [-0.1, -0.05) is 0 Å². The first kappa shape index (κ1) is 24.4. The third-order valence-electron chi connectivity index (χ3n) is 6.20. The Morgan fingerprint density at radius 3 is 2.49 bits per heavy atom. The number of carbonyl (C=O) groups is 1. The zero-order valence-corrected chi connectivity index (χ0v) is 18.5. The molecular weight excluding hydrogens is 468 g/mol. The predicted molar refractivity (Wildman–Crippen MR) is 115 cm³/mol. The van der Waals surface area contributed by atoms with E-state index in [-0.39, 0.29) is 29.9 Å². The smallest absolute Gasteiger partial charge is 0.379 e. The largest absolute Gasteiger partial charge is 0.419 e. The quantitative estimate of drug-likeness (QED) is 0.622. The van der Waals surface area contributed by atoms with Gasteiger partial charge in [-0.3, -0.25) is 9.69 Å². The molecule has 3 saturated heterocycles. The van der Waals surface area contributed by atoms with Crippen molar-refractivity contribution in [2.75, 3.05) is 29.9 Å². The Balaban J connectivity index is 1.41. The predicted octanol–water partition coefficient (Wildman–Crippen LogP) is 2.64. The summed E-state index contributed by atoms with van der Waals surface area (Å²) in [6, 6.07) is 8.03. The Kier molecular flexibility index (Phi) is 6.13. The van der Waals surface area contributed by atoms with Gasteiger partial charge in [0.15, 0.2) is 11.3 Å². The minimum atomic E-state index is -4.84. The van der Waals surface area contributed by atoms with Gasteiger partial charge in [0.2, 0.25) is 0 Å². The van der Waals surface area contributed by atoms with E-state index in [9.17, 15) is 27.5 Å². The molecule has 1 aromatic carbocycles. The molecule has 1 amide bonds. The zero-order chi connectivity index (χ0) is 25.5. The van der Waals surface area contributed by atoms with Gasteiger partial charge in [-0.05, 0) is 37.6 Å². The van der Waals surface area contributed by atoms with Gasteiger partial charge in [0.25, 0.3) is 5.91 Å². The summed E-state index contributed by atoms with van der Waals surface area (Å²) in [4.78, 5) is 19.9. The van der Waals surface area contributed by atoms with Crippen LogP contribution in [0.15, 0.2) is 30.5 Å². The van der Waals surface area contributed by atoms with Gasteiger partial charge in [0.1, 0.15) is 11.9 Å². The number of rotatable bonds is 5. The first-order valence-corrected chi connectivity index (χ1v) is 10.6. The van der Waals surface area contributed by atoms with E-state index in [1.54, 1.807) is 12.1 Å². The van der Waals surface area contributed by atoms with Crippen LogP contribution in [-0.2, 0) is 11.0 Å². The van der Waals surface area contributed by atoms with E-state index < -0.39 is 34.8 Å². The van der Waals surface area contributed by atoms with Crippen molar-refractivity contribution in [3.63, 3.8) is 0 Å². The second-order valence-electron chi connectivity index (χ2n) is 8.88. The fourth-order valence-electron chi connectivity index (χ4n) is 4.62. The summed E-state index contributed by atoms with van der Waals surface area (Å²) in [6.45, 7) is 2.04. The van der Waals surface area contributed by atoms with Gasteiger partial charge in [-0.2, -0.15) is 23.7 Å². The Hall–Kier alpha value is -3.74. The minimum absolute atomic E-state index is 0.0490. The molecule has 0 radical (unpaired) electrons. The average Bonchev–Trinajstić information content (AvgIpc) is 2.79. The number of piperazine rings is 1. The summed E-state index contributed by atoms with van der Waals surface area (Å²) < 4.78 is 53.9. The Morgan fingerprint density at radius 2 is 1.91 bits per heavy atom. The third kappa shape index (κ3) is 4.76. The van der Waals surface area contributed by atoms with Crippen LogP contribution in [0.3, 0.4) is 0 Å². The third-order valence-corrected chi connectivity index (χ3v) is 6.20. The molecule has 0 spiro atoms. The normalized spacial score (nSPS) is 21.3. The van der Waals surface area contributed by atoms with E-state index >= 15 is 0 Å². The lowest BCUT2D eigenvalue weighted by Gasteiger charge is -2.58. The van der Waals surface area contributed by atoms with Crippen molar-refractivity contribution in [2.45, 2.75) is 37.2 Å². The van der Waals surface area contributed by atoms with Crippen LogP contribution in [0.2, 0.25) is 0 Å². The molecule has 0 saturated carbocycles. The van der Waals surface area contributed by atoms with Crippen molar-refractivity contribution in [2.24, 2.45) is 0 Å². The number of hydrogen-bond acceptors (Lipinski definition) is 7. The fraction of sp³-hybridized carbons (Fsp3) is 0.391. The topological polar surface area (TPSA) is 116 Å². The van der Waals surface area contributed by atoms with E-state index in [0.717, 1.165) is 12.6 Å². The molecule has 182 valence electrons. The molecule has 1 aromatic heterocycles. The van der Waals surface area contributed by atoms with Crippen LogP contribution >= 0.6 is 0 Å². The number of pyridine rings is 1. The summed E-state index contributed by atoms with van der Waals surface area (Å²) in [6.07, 6.45) is -3.11. The van der Waals surface area contributed by atoms with Crippen molar-refractivity contribution < 1.29 is 27.5 Å². The molecule has 35 heavy (non-hydrogen) atoms. The number of aromatic nitrogens is 1. The van der Waals surface area contributed by atoms with Crippen LogP contribution in [0.1, 0.15) is 30.2 Å². The molecule has 2 aromatic rings. The Bertz CT molecular complexity index is 1240. The molecule has 3 atom stereocenters. The number of carbonyl (C=O) groups excluding carboxylic acids is 1. The number of hydrogen-bond donors (Lipinski definition) is 2. The highest BCUT2D eigenvalue weighted by Gasteiger charge is 2.47. The second kappa shape index (κ2) is 8.80. The fourth-order valence-corrected chi connectivity index (χ4v) is 4.62. The van der Waals surface area contributed by atoms with Crippen LogP contribution in [0.5, 0.6) is 0 Å². The van der Waals surface area contributed by atoms with Crippen molar-refractivity contribution >= 4 is 17.3 Å². The van der Waals surface area contributed by atoms with Crippen LogP contribution in [0, 0.1) is 28.5 Å². The van der Waals surface area contributed by atoms with E-state index in [4.69, 9.17) is 10.5 Å². The maximum Gasteiger partial charge on any atom is 0.419 e. The minimum Gasteiger partial charge on any atom is -0.379 e. The number of aliphatic hydroxyl groups is 1. The molecule has 8 nitrogen and oxygen atoms in total. The summed E-state index contributed by atoms with van der Waals surface area (Å²) in [7, 11) is 0. The molecule has 2 N–H and O–H groups in total. The lowest BCUT2D eigenvalue weighted by atomic mass is 9.85. The lowest BCUT2D eigenvalue weighted by molar-refractivity contribution is -0.138. The highest BCUT2D eigenvalue weighted by atomic mass is 19.4. The number of halogens is 4. The molecule has 3 unspecified atom stereocenters. The molecule has 12 heteroatoms. The van der Waals surface area contributed by atoms with Crippen LogP contribution < -0.4 is 10.2 Å². The van der Waals surface area contributed by atoms with Crippen molar-refractivity contribution in [1.29, 1.82) is 10.5 Å². The first-order valence-electron chi connectivity index (χ1n) is 10.6. The van der Waals surface area contributed by atoms with Gasteiger partial charge < -0.3 is 15.3 Å². The monoisotopic (exact) mass is 488 g/mol. The van der Waals surface area contributed by atoms with E-state index in [0.29, 0.717) is 24.8 Å². The van der Waals surface area contributed by atoms with Gasteiger partial charge in [-0.25, -0.2) is 9.37 Å². The number of nitrogens with zero attached hydrogens (tertiary/aromatic N) is 5.